The zero-order valence-corrected chi connectivity index (χ0v) is 14.2. The fraction of sp³-hybridized carbons (Fsp3) is 0.625. The number of hydrogen-bond donors (Lipinski definition) is 1. The molecule has 0 spiro atoms. The van der Waals surface area contributed by atoms with Gasteiger partial charge in [0.05, 0.1) is 0 Å². The van der Waals surface area contributed by atoms with Crippen LogP contribution in [-0.4, -0.2) is 29.5 Å². The molecule has 1 fully saturated rings. The van der Waals surface area contributed by atoms with Crippen molar-refractivity contribution in [3.8, 4) is 0 Å². The first kappa shape index (κ1) is 15.3. The molecule has 0 radical (unpaired) electrons. The third-order valence-corrected chi connectivity index (χ3v) is 5.49. The number of nitrogens with one attached hydrogen (secondary N) is 1. The molecule has 1 aliphatic rings. The Bertz CT molecular complexity index is 369. The number of benzene rings is 1. The third kappa shape index (κ3) is 4.43. The Balaban J connectivity index is 1.86. The Labute approximate surface area is 131 Å². The van der Waals surface area contributed by atoms with Crippen molar-refractivity contribution >= 4 is 22.6 Å². The Morgan fingerprint density at radius 2 is 1.89 bits per heavy atom. The van der Waals surface area contributed by atoms with Crippen LogP contribution >= 0.6 is 22.6 Å². The van der Waals surface area contributed by atoms with E-state index >= 15 is 0 Å². The highest BCUT2D eigenvalue weighted by atomic mass is 127. The second-order valence-corrected chi connectivity index (χ2v) is 6.51. The lowest BCUT2D eigenvalue weighted by molar-refractivity contribution is 0.188. The predicted octanol–water partition coefficient (Wildman–Crippen LogP) is 3.61. The molecule has 1 unspecified atom stereocenters. The molecule has 1 atom stereocenters. The molecule has 1 saturated heterocycles. The quantitative estimate of drug-likeness (QED) is 0.628. The molecule has 3 heteroatoms. The summed E-state index contributed by atoms with van der Waals surface area (Å²) in [5, 5.41) is 3.28. The fourth-order valence-electron chi connectivity index (χ4n) is 2.64. The first-order valence-electron chi connectivity index (χ1n) is 7.27. The summed E-state index contributed by atoms with van der Waals surface area (Å²) in [6.45, 7) is 5.84. The van der Waals surface area contributed by atoms with E-state index in [1.807, 2.05) is 7.05 Å². The number of alkyl halides is 1. The first-order valence-corrected chi connectivity index (χ1v) is 8.80. The summed E-state index contributed by atoms with van der Waals surface area (Å²) in [6.07, 6.45) is 2.75. The molecule has 2 nitrogen and oxygen atoms in total. The van der Waals surface area contributed by atoms with Gasteiger partial charge in [-0.2, -0.15) is 0 Å². The van der Waals surface area contributed by atoms with Gasteiger partial charge in [-0.25, -0.2) is 0 Å². The lowest BCUT2D eigenvalue weighted by atomic mass is 9.98. The van der Waals surface area contributed by atoms with E-state index in [9.17, 15) is 0 Å². The highest BCUT2D eigenvalue weighted by Crippen LogP contribution is 2.21. The molecule has 1 N–H and O–H groups in total. The third-order valence-electron chi connectivity index (χ3n) is 4.24. The van der Waals surface area contributed by atoms with E-state index in [-0.39, 0.29) is 0 Å². The Kier molecular flexibility index (Phi) is 6.10. The van der Waals surface area contributed by atoms with Gasteiger partial charge in [-0.05, 0) is 56.9 Å². The van der Waals surface area contributed by atoms with Gasteiger partial charge in [0, 0.05) is 17.0 Å². The molecule has 1 aliphatic heterocycles. The van der Waals surface area contributed by atoms with E-state index in [4.69, 9.17) is 0 Å². The molecule has 19 heavy (non-hydrogen) atoms. The Hall–Kier alpha value is -0.130. The van der Waals surface area contributed by atoms with Gasteiger partial charge in [0.1, 0.15) is 0 Å². The predicted molar refractivity (Wildman–Crippen MR) is 90.8 cm³/mol. The first-order chi connectivity index (χ1) is 9.22. The number of hydrogen-bond acceptors (Lipinski definition) is 2. The second kappa shape index (κ2) is 7.60. The summed E-state index contributed by atoms with van der Waals surface area (Å²) >= 11 is 2.53. The van der Waals surface area contributed by atoms with Crippen molar-refractivity contribution < 1.29 is 0 Å². The van der Waals surface area contributed by atoms with E-state index < -0.39 is 0 Å². The zero-order chi connectivity index (χ0) is 13.7. The van der Waals surface area contributed by atoms with Crippen molar-refractivity contribution in [3.05, 3.63) is 35.4 Å². The Morgan fingerprint density at radius 3 is 2.42 bits per heavy atom. The molecule has 1 aromatic carbocycles. The molecule has 0 aliphatic carbocycles. The number of likely N-dealkylation sites (tertiary alicyclic amines) is 1. The maximum Gasteiger partial charge on any atom is 0.0289 e. The van der Waals surface area contributed by atoms with Gasteiger partial charge in [0.2, 0.25) is 0 Å². The molecular formula is C16H25IN2. The minimum atomic E-state index is 0.438. The largest absolute Gasteiger partial charge is 0.313 e. The zero-order valence-electron chi connectivity index (χ0n) is 12.0. The van der Waals surface area contributed by atoms with Gasteiger partial charge in [-0.1, -0.05) is 46.9 Å². The lowest BCUT2D eigenvalue weighted by Gasteiger charge is -2.31. The number of nitrogens with zero attached hydrogens (tertiary/aromatic N) is 1. The van der Waals surface area contributed by atoms with Crippen LogP contribution in [-0.2, 0) is 6.54 Å². The normalized spacial score (nSPS) is 19.5. The summed E-state index contributed by atoms with van der Waals surface area (Å²) in [7, 11) is 2.01. The molecule has 0 aromatic heterocycles. The van der Waals surface area contributed by atoms with Crippen LogP contribution in [0.25, 0.3) is 0 Å². The number of rotatable bonds is 5. The summed E-state index contributed by atoms with van der Waals surface area (Å²) in [4.78, 5) is 2.60. The lowest BCUT2D eigenvalue weighted by Crippen LogP contribution is -2.33. The minimum Gasteiger partial charge on any atom is -0.313 e. The molecule has 1 heterocycles. The van der Waals surface area contributed by atoms with Gasteiger partial charge >= 0.3 is 0 Å². The highest BCUT2D eigenvalue weighted by molar-refractivity contribution is 14.1. The number of halogens is 1. The van der Waals surface area contributed by atoms with Gasteiger partial charge in [-0.3, -0.25) is 4.90 Å². The molecular weight excluding hydrogens is 347 g/mol. The van der Waals surface area contributed by atoms with Crippen LogP contribution in [0.5, 0.6) is 0 Å². The van der Waals surface area contributed by atoms with Crippen molar-refractivity contribution in [1.82, 2.24) is 10.2 Å². The maximum absolute atomic E-state index is 3.28. The van der Waals surface area contributed by atoms with Crippen LogP contribution in [0.15, 0.2) is 24.3 Å². The second-order valence-electron chi connectivity index (χ2n) is 5.63. The van der Waals surface area contributed by atoms with Crippen molar-refractivity contribution in [2.24, 2.45) is 5.92 Å². The van der Waals surface area contributed by atoms with Crippen LogP contribution in [0.3, 0.4) is 0 Å². The fourth-order valence-corrected chi connectivity index (χ4v) is 3.52. The van der Waals surface area contributed by atoms with Gasteiger partial charge in [0.15, 0.2) is 0 Å². The van der Waals surface area contributed by atoms with E-state index in [0.717, 1.165) is 12.5 Å². The summed E-state index contributed by atoms with van der Waals surface area (Å²) in [6, 6.07) is 9.53. The van der Waals surface area contributed by atoms with Crippen LogP contribution in [0, 0.1) is 5.92 Å². The number of piperidine rings is 1. The van der Waals surface area contributed by atoms with E-state index in [2.05, 4.69) is 64.0 Å². The summed E-state index contributed by atoms with van der Waals surface area (Å²) in [5.41, 5.74) is 2.81. The van der Waals surface area contributed by atoms with Crippen LogP contribution < -0.4 is 5.32 Å². The summed E-state index contributed by atoms with van der Waals surface area (Å²) in [5.74, 6) is 0.954. The monoisotopic (exact) mass is 372 g/mol. The van der Waals surface area contributed by atoms with E-state index in [1.165, 1.54) is 41.5 Å². The molecule has 106 valence electrons. The SMILES string of the molecule is CNC(C)c1ccc(CN2CCC(CI)CC2)cc1. The summed E-state index contributed by atoms with van der Waals surface area (Å²) < 4.78 is 1.32. The highest BCUT2D eigenvalue weighted by Gasteiger charge is 2.18. The van der Waals surface area contributed by atoms with Gasteiger partial charge < -0.3 is 5.32 Å². The average molecular weight is 372 g/mol. The molecule has 0 saturated carbocycles. The van der Waals surface area contributed by atoms with E-state index in [1.54, 1.807) is 0 Å². The minimum absolute atomic E-state index is 0.438. The van der Waals surface area contributed by atoms with Crippen LogP contribution in [0.2, 0.25) is 0 Å². The maximum atomic E-state index is 3.28. The van der Waals surface area contributed by atoms with E-state index in [0.29, 0.717) is 6.04 Å². The van der Waals surface area contributed by atoms with Crippen molar-refractivity contribution in [2.45, 2.75) is 32.4 Å². The average Bonchev–Trinajstić information content (AvgIpc) is 2.48. The molecule has 0 bridgehead atoms. The molecule has 0 amide bonds. The molecule has 1 aromatic rings. The molecule has 2 rings (SSSR count). The van der Waals surface area contributed by atoms with Crippen LogP contribution in [0.4, 0.5) is 0 Å². The Morgan fingerprint density at radius 1 is 1.26 bits per heavy atom. The van der Waals surface area contributed by atoms with Crippen molar-refractivity contribution in [3.63, 3.8) is 0 Å². The van der Waals surface area contributed by atoms with Crippen LogP contribution in [0.1, 0.15) is 36.9 Å². The topological polar surface area (TPSA) is 15.3 Å². The van der Waals surface area contributed by atoms with Crippen molar-refractivity contribution in [2.75, 3.05) is 24.6 Å². The van der Waals surface area contributed by atoms with Gasteiger partial charge in [-0.15, -0.1) is 0 Å². The standard InChI is InChI=1S/C16H25IN2/c1-13(18-2)16-5-3-15(4-6-16)12-19-9-7-14(11-17)8-10-19/h3-6,13-14,18H,7-12H2,1-2H3. The van der Waals surface area contributed by atoms with Gasteiger partial charge in [0.25, 0.3) is 0 Å². The smallest absolute Gasteiger partial charge is 0.0289 e. The van der Waals surface area contributed by atoms with Crippen molar-refractivity contribution in [1.29, 1.82) is 0 Å².